The maximum absolute atomic E-state index is 13.4. The number of hydrogen-bond acceptors (Lipinski definition) is 5. The summed E-state index contributed by atoms with van der Waals surface area (Å²) < 4.78 is 44.0. The number of amides is 2. The monoisotopic (exact) mass is 453 g/mol. The average Bonchev–Trinajstić information content (AvgIpc) is 2.66. The fourth-order valence-electron chi connectivity index (χ4n) is 2.56. The Kier molecular flexibility index (Phi) is 7.50. The number of alkyl halides is 3. The Balaban J connectivity index is 2.10. The Morgan fingerprint density at radius 3 is 2.25 bits per heavy atom. The third-order valence-electron chi connectivity index (χ3n) is 4.46. The Labute approximate surface area is 184 Å². The lowest BCUT2D eigenvalue weighted by molar-refractivity contribution is -0.215. The lowest BCUT2D eigenvalue weighted by Gasteiger charge is -2.20. The normalized spacial score (nSPS) is 13.8. The van der Waals surface area contributed by atoms with Gasteiger partial charge in [0.15, 0.2) is 0 Å². The van der Waals surface area contributed by atoms with Crippen LogP contribution in [0.25, 0.3) is 0 Å². The van der Waals surface area contributed by atoms with E-state index in [2.05, 4.69) is 20.4 Å². The van der Waals surface area contributed by atoms with Gasteiger partial charge in [-0.2, -0.15) is 8.78 Å². The second-order valence-electron chi connectivity index (χ2n) is 7.94. The summed E-state index contributed by atoms with van der Waals surface area (Å²) >= 11 is 0. The molecule has 2 rings (SSSR count). The molecule has 0 saturated heterocycles. The van der Waals surface area contributed by atoms with E-state index in [-0.39, 0.29) is 17.1 Å². The smallest absolute Gasteiger partial charge is 0.429 e. The van der Waals surface area contributed by atoms with E-state index in [0.29, 0.717) is 18.2 Å². The number of ether oxygens (including phenoxy) is 1. The van der Waals surface area contributed by atoms with Gasteiger partial charge in [-0.15, -0.1) is 0 Å². The number of hydrogen-bond donors (Lipinski definition) is 3. The van der Waals surface area contributed by atoms with Crippen molar-refractivity contribution in [2.45, 2.75) is 58.5 Å². The lowest BCUT2D eigenvalue weighted by Crippen LogP contribution is -2.37. The third kappa shape index (κ3) is 6.68. The third-order valence-corrected chi connectivity index (χ3v) is 4.46. The molecule has 0 fully saturated rings. The van der Waals surface area contributed by atoms with Gasteiger partial charge >= 0.3 is 6.11 Å². The molecule has 2 unspecified atom stereocenters. The molecule has 1 aromatic heterocycles. The minimum absolute atomic E-state index is 0.111. The molecule has 0 aliphatic carbocycles. The first-order valence-electron chi connectivity index (χ1n) is 9.83. The van der Waals surface area contributed by atoms with Crippen molar-refractivity contribution in [3.63, 3.8) is 0 Å². The number of nitrogens with zero attached hydrogens (tertiary/aromatic N) is 1. The summed E-state index contributed by atoms with van der Waals surface area (Å²) in [6.45, 7) is 6.68. The highest BCUT2D eigenvalue weighted by atomic mass is 19.3. The number of pyridine rings is 1. The highest BCUT2D eigenvalue weighted by Crippen LogP contribution is 2.27. The van der Waals surface area contributed by atoms with Gasteiger partial charge in [-0.3, -0.25) is 9.59 Å². The standard InChI is InChI=1S/C22H26F3N3O4/c1-12-10-16(11-18(26-12)28-20(30)21(4,5)31)19(29)27-13(2)15-6-8-17(9-7-15)32-22(24,25)14(3)23/h6-11,13-14,31H,1-5H3,(H,27,29)(H,26,28,30). The van der Waals surface area contributed by atoms with Crippen LogP contribution in [0.3, 0.4) is 0 Å². The highest BCUT2D eigenvalue weighted by Gasteiger charge is 2.39. The summed E-state index contributed by atoms with van der Waals surface area (Å²) in [5.74, 6) is -1.23. The Hall–Kier alpha value is -3.14. The quantitative estimate of drug-likeness (QED) is 0.563. The van der Waals surface area contributed by atoms with Crippen LogP contribution in [-0.2, 0) is 4.79 Å². The zero-order chi connectivity index (χ0) is 24.3. The number of nitrogens with one attached hydrogen (secondary N) is 2. The van der Waals surface area contributed by atoms with Crippen LogP contribution >= 0.6 is 0 Å². The minimum Gasteiger partial charge on any atom is -0.430 e. The number of carbonyl (C=O) groups is 2. The second-order valence-corrected chi connectivity index (χ2v) is 7.94. The van der Waals surface area contributed by atoms with Gasteiger partial charge in [0, 0.05) is 11.3 Å². The molecular formula is C22H26F3N3O4. The van der Waals surface area contributed by atoms with Crippen LogP contribution in [-0.4, -0.2) is 39.8 Å². The van der Waals surface area contributed by atoms with Gasteiger partial charge in [0.05, 0.1) is 6.04 Å². The van der Waals surface area contributed by atoms with Crippen LogP contribution in [0.5, 0.6) is 5.75 Å². The van der Waals surface area contributed by atoms with E-state index in [0.717, 1.165) is 0 Å². The van der Waals surface area contributed by atoms with E-state index in [1.807, 2.05) is 0 Å². The molecule has 32 heavy (non-hydrogen) atoms. The maximum atomic E-state index is 13.4. The summed E-state index contributed by atoms with van der Waals surface area (Å²) in [6, 6.07) is 7.87. The SMILES string of the molecule is Cc1cc(C(=O)NC(C)c2ccc(OC(F)(F)C(C)F)cc2)cc(NC(=O)C(C)(C)O)n1. The van der Waals surface area contributed by atoms with E-state index in [4.69, 9.17) is 0 Å². The number of halogens is 3. The van der Waals surface area contributed by atoms with Gasteiger partial charge in [0.1, 0.15) is 17.2 Å². The average molecular weight is 453 g/mol. The van der Waals surface area contributed by atoms with Gasteiger partial charge in [-0.25, -0.2) is 9.37 Å². The molecule has 0 radical (unpaired) electrons. The Morgan fingerprint density at radius 1 is 1.12 bits per heavy atom. The molecule has 3 N–H and O–H groups in total. The van der Waals surface area contributed by atoms with Crippen LogP contribution in [0.4, 0.5) is 19.0 Å². The van der Waals surface area contributed by atoms with Crippen molar-refractivity contribution in [1.82, 2.24) is 10.3 Å². The zero-order valence-electron chi connectivity index (χ0n) is 18.4. The van der Waals surface area contributed by atoms with Crippen LogP contribution < -0.4 is 15.4 Å². The van der Waals surface area contributed by atoms with Crippen molar-refractivity contribution in [1.29, 1.82) is 0 Å². The van der Waals surface area contributed by atoms with E-state index in [1.54, 1.807) is 13.8 Å². The van der Waals surface area contributed by atoms with Crippen molar-refractivity contribution in [3.05, 3.63) is 53.2 Å². The molecule has 1 aromatic carbocycles. The van der Waals surface area contributed by atoms with E-state index in [9.17, 15) is 27.9 Å². The molecule has 2 aromatic rings. The molecule has 0 saturated carbocycles. The summed E-state index contributed by atoms with van der Waals surface area (Å²) in [7, 11) is 0. The predicted molar refractivity (Wildman–Crippen MR) is 112 cm³/mol. The summed E-state index contributed by atoms with van der Waals surface area (Å²) in [6.07, 6.45) is -6.42. The summed E-state index contributed by atoms with van der Waals surface area (Å²) in [5.41, 5.74) is -0.318. The molecule has 0 aliphatic rings. The van der Waals surface area contributed by atoms with Crippen molar-refractivity contribution >= 4 is 17.6 Å². The molecule has 1 heterocycles. The van der Waals surface area contributed by atoms with Crippen molar-refractivity contribution < 1.29 is 32.6 Å². The zero-order valence-corrected chi connectivity index (χ0v) is 18.4. The topological polar surface area (TPSA) is 101 Å². The fraction of sp³-hybridized carbons (Fsp3) is 0.409. The van der Waals surface area contributed by atoms with E-state index in [1.165, 1.54) is 50.2 Å². The first-order chi connectivity index (χ1) is 14.7. The second kappa shape index (κ2) is 9.56. The number of anilines is 1. The molecule has 174 valence electrons. The number of aromatic nitrogens is 1. The predicted octanol–water partition coefficient (Wildman–Crippen LogP) is 3.92. The van der Waals surface area contributed by atoms with Gasteiger partial charge < -0.3 is 20.5 Å². The van der Waals surface area contributed by atoms with E-state index < -0.39 is 35.7 Å². The molecule has 0 spiro atoms. The highest BCUT2D eigenvalue weighted by molar-refractivity contribution is 5.98. The summed E-state index contributed by atoms with van der Waals surface area (Å²) in [5, 5.41) is 15.0. The van der Waals surface area contributed by atoms with Crippen LogP contribution in [0.2, 0.25) is 0 Å². The molecule has 7 nitrogen and oxygen atoms in total. The minimum atomic E-state index is -3.95. The molecule has 0 bridgehead atoms. The van der Waals surface area contributed by atoms with Gasteiger partial charge in [-0.1, -0.05) is 12.1 Å². The first kappa shape index (κ1) is 25.1. The van der Waals surface area contributed by atoms with E-state index >= 15 is 0 Å². The fourth-order valence-corrected chi connectivity index (χ4v) is 2.56. The van der Waals surface area contributed by atoms with Crippen molar-refractivity contribution in [2.24, 2.45) is 0 Å². The van der Waals surface area contributed by atoms with Gasteiger partial charge in [0.2, 0.25) is 6.17 Å². The molecule has 2 atom stereocenters. The Bertz CT molecular complexity index is 973. The lowest BCUT2D eigenvalue weighted by atomic mass is 10.1. The first-order valence-corrected chi connectivity index (χ1v) is 9.83. The van der Waals surface area contributed by atoms with Gasteiger partial charge in [-0.05, 0) is 64.4 Å². The number of aryl methyl sites for hydroxylation is 1. The molecular weight excluding hydrogens is 427 g/mol. The number of rotatable bonds is 8. The van der Waals surface area contributed by atoms with Crippen molar-refractivity contribution in [2.75, 3.05) is 5.32 Å². The molecule has 2 amide bonds. The van der Waals surface area contributed by atoms with Crippen LogP contribution in [0.1, 0.15) is 55.4 Å². The molecule has 0 aliphatic heterocycles. The largest absolute Gasteiger partial charge is 0.430 e. The van der Waals surface area contributed by atoms with Crippen LogP contribution in [0, 0.1) is 6.92 Å². The van der Waals surface area contributed by atoms with Crippen molar-refractivity contribution in [3.8, 4) is 5.75 Å². The van der Waals surface area contributed by atoms with Gasteiger partial charge in [0.25, 0.3) is 11.8 Å². The number of aliphatic hydroxyl groups is 1. The number of carbonyl (C=O) groups excluding carboxylic acids is 2. The Morgan fingerprint density at radius 2 is 1.72 bits per heavy atom. The molecule has 10 heteroatoms. The maximum Gasteiger partial charge on any atom is 0.429 e. The van der Waals surface area contributed by atoms with Crippen LogP contribution in [0.15, 0.2) is 36.4 Å². The summed E-state index contributed by atoms with van der Waals surface area (Å²) in [4.78, 5) is 28.8. The number of benzene rings is 1.